The molecule has 1 aromatic carbocycles. The van der Waals surface area contributed by atoms with Gasteiger partial charge in [-0.25, -0.2) is 4.79 Å². The van der Waals surface area contributed by atoms with Crippen LogP contribution in [0.1, 0.15) is 13.8 Å². The molecule has 2 aromatic rings. The van der Waals surface area contributed by atoms with Gasteiger partial charge in [0.15, 0.2) is 11.9 Å². The molecular weight excluding hydrogens is 324 g/mol. The Morgan fingerprint density at radius 2 is 2.04 bits per heavy atom. The number of halogens is 1. The Hall–Kier alpha value is -1.83. The Kier molecular flexibility index (Phi) is 6.20. The lowest BCUT2D eigenvalue weighted by atomic mass is 10.3. The molecule has 0 saturated carbocycles. The van der Waals surface area contributed by atoms with Crippen molar-refractivity contribution in [2.45, 2.75) is 26.7 Å². The summed E-state index contributed by atoms with van der Waals surface area (Å²) in [6.07, 6.45) is -0.509. The second-order valence-electron chi connectivity index (χ2n) is 4.71. The molecule has 0 spiro atoms. The van der Waals surface area contributed by atoms with Crippen LogP contribution in [0.2, 0.25) is 5.02 Å². The molecule has 0 aliphatic rings. The van der Waals surface area contributed by atoms with Crippen LogP contribution in [0.3, 0.4) is 0 Å². The lowest BCUT2D eigenvalue weighted by Crippen LogP contribution is -2.38. The van der Waals surface area contributed by atoms with Crippen LogP contribution in [0.15, 0.2) is 27.4 Å². The fourth-order valence-electron chi connectivity index (χ4n) is 2.12. The highest BCUT2D eigenvalue weighted by Gasteiger charge is 2.15. The van der Waals surface area contributed by atoms with Gasteiger partial charge in [-0.05, 0) is 26.0 Å². The molecule has 0 aliphatic heterocycles. The summed E-state index contributed by atoms with van der Waals surface area (Å²) in [6.45, 7) is 4.70. The van der Waals surface area contributed by atoms with Crippen LogP contribution in [-0.4, -0.2) is 36.5 Å². The highest BCUT2D eigenvalue weighted by atomic mass is 35.5. The van der Waals surface area contributed by atoms with E-state index >= 15 is 0 Å². The van der Waals surface area contributed by atoms with Crippen LogP contribution >= 0.6 is 11.6 Å². The highest BCUT2D eigenvalue weighted by Crippen LogP contribution is 2.18. The number of benzene rings is 1. The van der Waals surface area contributed by atoms with Gasteiger partial charge in [0.25, 0.3) is 0 Å². The largest absolute Gasteiger partial charge is 0.420 e. The fourth-order valence-corrected chi connectivity index (χ4v) is 2.29. The summed E-state index contributed by atoms with van der Waals surface area (Å²) >= 11 is 5.85. The number of nitrogens with one attached hydrogen (secondary N) is 1. The molecule has 1 N–H and O–H groups in total. The first-order valence-corrected chi connectivity index (χ1v) is 7.71. The van der Waals surface area contributed by atoms with Gasteiger partial charge in [0.2, 0.25) is 5.91 Å². The molecule has 126 valence electrons. The molecule has 0 radical (unpaired) electrons. The monoisotopic (exact) mass is 342 g/mol. The Balaban J connectivity index is 2.03. The van der Waals surface area contributed by atoms with E-state index in [0.29, 0.717) is 29.3 Å². The smallest absolute Gasteiger partial charge is 0.408 e. The van der Waals surface area contributed by atoms with Gasteiger partial charge in [-0.1, -0.05) is 11.6 Å². The first kappa shape index (κ1) is 17.5. The van der Waals surface area contributed by atoms with Crippen LogP contribution in [0, 0.1) is 0 Å². The predicted octanol–water partition coefficient (Wildman–Crippen LogP) is 1.76. The number of hydrogen-bond donors (Lipinski definition) is 1. The van der Waals surface area contributed by atoms with Crippen molar-refractivity contribution in [2.75, 3.05) is 19.8 Å². The van der Waals surface area contributed by atoms with E-state index in [9.17, 15) is 9.59 Å². The number of rotatable bonds is 8. The zero-order valence-electron chi connectivity index (χ0n) is 13.0. The third-order valence-electron chi connectivity index (χ3n) is 3.10. The van der Waals surface area contributed by atoms with E-state index in [4.69, 9.17) is 25.5 Å². The van der Waals surface area contributed by atoms with Crippen molar-refractivity contribution in [3.05, 3.63) is 33.8 Å². The van der Waals surface area contributed by atoms with E-state index in [2.05, 4.69) is 5.32 Å². The van der Waals surface area contributed by atoms with Crippen molar-refractivity contribution in [1.29, 1.82) is 0 Å². The molecule has 23 heavy (non-hydrogen) atoms. The van der Waals surface area contributed by atoms with Gasteiger partial charge in [0.1, 0.15) is 6.54 Å². The number of aromatic nitrogens is 1. The normalized spacial score (nSPS) is 11.3. The van der Waals surface area contributed by atoms with Gasteiger partial charge in [-0.15, -0.1) is 0 Å². The minimum absolute atomic E-state index is 0.154. The van der Waals surface area contributed by atoms with Gasteiger partial charge >= 0.3 is 5.76 Å². The fraction of sp³-hybridized carbons (Fsp3) is 0.467. The van der Waals surface area contributed by atoms with Gasteiger partial charge < -0.3 is 19.2 Å². The molecule has 1 heterocycles. The molecule has 0 bridgehead atoms. The first-order valence-electron chi connectivity index (χ1n) is 7.34. The first-order chi connectivity index (χ1) is 11.0. The quantitative estimate of drug-likeness (QED) is 0.739. The average Bonchev–Trinajstić information content (AvgIpc) is 2.80. The maximum absolute atomic E-state index is 12.0. The van der Waals surface area contributed by atoms with Crippen LogP contribution in [0.4, 0.5) is 0 Å². The third kappa shape index (κ3) is 4.57. The lowest BCUT2D eigenvalue weighted by Gasteiger charge is -2.17. The van der Waals surface area contributed by atoms with Crippen molar-refractivity contribution in [1.82, 2.24) is 9.88 Å². The molecule has 0 atom stereocenters. The van der Waals surface area contributed by atoms with Crippen molar-refractivity contribution >= 4 is 28.6 Å². The van der Waals surface area contributed by atoms with E-state index in [1.807, 2.05) is 13.8 Å². The van der Waals surface area contributed by atoms with Crippen molar-refractivity contribution in [3.8, 4) is 0 Å². The number of oxazole rings is 1. The van der Waals surface area contributed by atoms with Crippen LogP contribution in [0.25, 0.3) is 11.1 Å². The molecular formula is C15H19ClN2O5. The second-order valence-corrected chi connectivity index (χ2v) is 5.15. The van der Waals surface area contributed by atoms with Gasteiger partial charge in [0, 0.05) is 24.3 Å². The Morgan fingerprint density at radius 3 is 2.70 bits per heavy atom. The number of carbonyl (C=O) groups is 1. The van der Waals surface area contributed by atoms with Crippen LogP contribution in [-0.2, 0) is 20.8 Å². The number of ether oxygens (including phenoxy) is 2. The van der Waals surface area contributed by atoms with Crippen LogP contribution in [0.5, 0.6) is 0 Å². The standard InChI is InChI=1S/C15H19ClN2O5/c1-3-21-14(22-4-2)8-17-13(19)9-18-11-6-5-10(16)7-12(11)23-15(18)20/h5-7,14H,3-4,8-9H2,1-2H3,(H,17,19). The molecule has 0 saturated heterocycles. The number of amides is 1. The van der Waals surface area contributed by atoms with Gasteiger partial charge in [-0.3, -0.25) is 9.36 Å². The summed E-state index contributed by atoms with van der Waals surface area (Å²) in [4.78, 5) is 23.9. The number of hydrogen-bond acceptors (Lipinski definition) is 5. The Morgan fingerprint density at radius 1 is 1.35 bits per heavy atom. The Bertz CT molecular complexity index is 718. The topological polar surface area (TPSA) is 82.7 Å². The number of carbonyl (C=O) groups excluding carboxylic acids is 1. The minimum atomic E-state index is -0.608. The van der Waals surface area contributed by atoms with Gasteiger partial charge in [-0.2, -0.15) is 0 Å². The minimum Gasteiger partial charge on any atom is -0.408 e. The lowest BCUT2D eigenvalue weighted by molar-refractivity contribution is -0.140. The zero-order chi connectivity index (χ0) is 16.8. The summed E-state index contributed by atoms with van der Waals surface area (Å²) in [5.41, 5.74) is 0.859. The molecule has 0 fully saturated rings. The van der Waals surface area contributed by atoms with E-state index in [1.165, 1.54) is 10.6 Å². The van der Waals surface area contributed by atoms with E-state index < -0.39 is 12.0 Å². The molecule has 2 rings (SSSR count). The zero-order valence-corrected chi connectivity index (χ0v) is 13.8. The summed E-state index contributed by atoms with van der Waals surface area (Å²) in [5, 5.41) is 3.14. The summed E-state index contributed by atoms with van der Waals surface area (Å²) < 4.78 is 17.0. The molecule has 8 heteroatoms. The number of fused-ring (bicyclic) bond motifs is 1. The molecule has 1 aromatic heterocycles. The van der Waals surface area contributed by atoms with Crippen molar-refractivity contribution in [2.24, 2.45) is 0 Å². The molecule has 0 aliphatic carbocycles. The average molecular weight is 343 g/mol. The van der Waals surface area contributed by atoms with E-state index in [-0.39, 0.29) is 19.0 Å². The summed E-state index contributed by atoms with van der Waals surface area (Å²) in [7, 11) is 0. The van der Waals surface area contributed by atoms with Crippen molar-refractivity contribution < 1.29 is 18.7 Å². The second kappa shape index (κ2) is 8.14. The highest BCUT2D eigenvalue weighted by molar-refractivity contribution is 6.31. The Labute approximate surface area is 138 Å². The predicted molar refractivity (Wildman–Crippen MR) is 85.5 cm³/mol. The molecule has 7 nitrogen and oxygen atoms in total. The maximum Gasteiger partial charge on any atom is 0.420 e. The maximum atomic E-state index is 12.0. The SMILES string of the molecule is CCOC(CNC(=O)Cn1c(=O)oc2cc(Cl)ccc21)OCC. The summed E-state index contributed by atoms with van der Waals surface area (Å²) in [6, 6.07) is 4.80. The van der Waals surface area contributed by atoms with Crippen molar-refractivity contribution in [3.63, 3.8) is 0 Å². The van der Waals surface area contributed by atoms with Crippen LogP contribution < -0.4 is 11.1 Å². The van der Waals surface area contributed by atoms with E-state index in [0.717, 1.165) is 0 Å². The third-order valence-corrected chi connectivity index (χ3v) is 3.34. The summed E-state index contributed by atoms with van der Waals surface area (Å²) in [5.74, 6) is -0.947. The van der Waals surface area contributed by atoms with Gasteiger partial charge in [0.05, 0.1) is 12.1 Å². The molecule has 0 unspecified atom stereocenters. The van der Waals surface area contributed by atoms with E-state index in [1.54, 1.807) is 12.1 Å². The molecule has 1 amide bonds. The number of nitrogens with zero attached hydrogens (tertiary/aromatic N) is 1.